The third kappa shape index (κ3) is 6.75. The van der Waals surface area contributed by atoms with Gasteiger partial charge in [0.2, 0.25) is 0 Å². The number of nitro benzene ring substituents is 2. The van der Waals surface area contributed by atoms with E-state index in [-0.39, 0.29) is 24.6 Å². The van der Waals surface area contributed by atoms with Gasteiger partial charge in [-0.15, -0.1) is 0 Å². The largest absolute Gasteiger partial charge is 0.490 e. The number of rotatable bonds is 11. The molecule has 0 aliphatic heterocycles. The lowest BCUT2D eigenvalue weighted by Crippen LogP contribution is -2.01. The summed E-state index contributed by atoms with van der Waals surface area (Å²) < 4.78 is 12.2. The van der Waals surface area contributed by atoms with Gasteiger partial charge in [-0.05, 0) is 58.2 Å². The fourth-order valence-corrected chi connectivity index (χ4v) is 3.30. The highest BCUT2D eigenvalue weighted by Gasteiger charge is 2.12. The molecule has 10 nitrogen and oxygen atoms in total. The van der Waals surface area contributed by atoms with Gasteiger partial charge in [0.05, 0.1) is 22.7 Å². The first-order valence-electron chi connectivity index (χ1n) is 10.1. The molecule has 0 saturated carbocycles. The molecule has 0 fully saturated rings. The smallest absolute Gasteiger partial charge is 0.269 e. The van der Waals surface area contributed by atoms with Gasteiger partial charge in [-0.2, -0.15) is 0 Å². The van der Waals surface area contributed by atoms with E-state index in [1.54, 1.807) is 36.4 Å². The molecule has 3 aromatic rings. The van der Waals surface area contributed by atoms with Gasteiger partial charge in [0, 0.05) is 34.3 Å². The highest BCUT2D eigenvalue weighted by atomic mass is 79.9. The summed E-state index contributed by atoms with van der Waals surface area (Å²) in [5.41, 5.74) is 2.06. The summed E-state index contributed by atoms with van der Waals surface area (Å²) in [5.74, 6) is 0.981. The lowest BCUT2D eigenvalue weighted by atomic mass is 10.2. The molecule has 0 aliphatic rings. The molecular formula is C23H20BrN3O7. The number of nitrogens with zero attached hydrogens (tertiary/aromatic N) is 3. The van der Waals surface area contributed by atoms with E-state index in [0.717, 1.165) is 5.56 Å². The van der Waals surface area contributed by atoms with Crippen LogP contribution in [-0.2, 0) is 18.1 Å². The highest BCUT2D eigenvalue weighted by molar-refractivity contribution is 9.10. The molecule has 0 heterocycles. The third-order valence-corrected chi connectivity index (χ3v) is 5.21. The van der Waals surface area contributed by atoms with Crippen LogP contribution in [-0.4, -0.2) is 22.7 Å². The maximum absolute atomic E-state index is 10.9. The van der Waals surface area contributed by atoms with Crippen LogP contribution in [0.3, 0.4) is 0 Å². The number of oxime groups is 1. The standard InChI is InChI=1S/C23H20BrN3O7/c1-2-32-22-11-18(13-25-34-15-17-4-3-5-20(10-17)27(30)31)21(24)12-23(22)33-14-16-6-8-19(9-7-16)26(28)29/h3-13H,2,14-15H2,1H3/b25-13-. The van der Waals surface area contributed by atoms with Crippen LogP contribution in [0.15, 0.2) is 70.3 Å². The van der Waals surface area contributed by atoms with Gasteiger partial charge in [-0.25, -0.2) is 0 Å². The predicted molar refractivity (Wildman–Crippen MR) is 128 cm³/mol. The van der Waals surface area contributed by atoms with E-state index in [1.165, 1.54) is 30.5 Å². The van der Waals surface area contributed by atoms with Crippen molar-refractivity contribution >= 4 is 33.5 Å². The maximum atomic E-state index is 10.9. The van der Waals surface area contributed by atoms with E-state index in [4.69, 9.17) is 14.3 Å². The van der Waals surface area contributed by atoms with E-state index in [9.17, 15) is 20.2 Å². The Morgan fingerprint density at radius 1 is 0.882 bits per heavy atom. The Labute approximate surface area is 203 Å². The van der Waals surface area contributed by atoms with Gasteiger partial charge in [0.25, 0.3) is 11.4 Å². The molecule has 3 aromatic carbocycles. The zero-order valence-corrected chi connectivity index (χ0v) is 19.6. The summed E-state index contributed by atoms with van der Waals surface area (Å²) in [4.78, 5) is 26.0. The molecule has 0 amide bonds. The number of nitro groups is 2. The first kappa shape index (κ1) is 24.6. The summed E-state index contributed by atoms with van der Waals surface area (Å²) >= 11 is 3.47. The summed E-state index contributed by atoms with van der Waals surface area (Å²) in [6.07, 6.45) is 1.49. The molecule has 0 atom stereocenters. The van der Waals surface area contributed by atoms with Crippen LogP contribution in [0.5, 0.6) is 11.5 Å². The molecule has 34 heavy (non-hydrogen) atoms. The van der Waals surface area contributed by atoms with Crippen LogP contribution in [0.2, 0.25) is 0 Å². The molecular weight excluding hydrogens is 510 g/mol. The normalized spacial score (nSPS) is 10.8. The second-order valence-electron chi connectivity index (χ2n) is 6.90. The molecule has 0 N–H and O–H groups in total. The highest BCUT2D eigenvalue weighted by Crippen LogP contribution is 2.34. The van der Waals surface area contributed by atoms with Crippen molar-refractivity contribution in [1.29, 1.82) is 0 Å². The van der Waals surface area contributed by atoms with E-state index in [1.807, 2.05) is 6.92 Å². The first-order valence-corrected chi connectivity index (χ1v) is 10.9. The van der Waals surface area contributed by atoms with Crippen molar-refractivity contribution in [2.75, 3.05) is 6.61 Å². The quantitative estimate of drug-likeness (QED) is 0.174. The van der Waals surface area contributed by atoms with E-state index in [2.05, 4.69) is 21.1 Å². The van der Waals surface area contributed by atoms with Gasteiger partial charge < -0.3 is 14.3 Å². The van der Waals surface area contributed by atoms with Crippen molar-refractivity contribution < 1.29 is 24.2 Å². The van der Waals surface area contributed by atoms with E-state index >= 15 is 0 Å². The zero-order chi connectivity index (χ0) is 24.5. The predicted octanol–water partition coefficient (Wildman–Crippen LogP) is 5.79. The van der Waals surface area contributed by atoms with Crippen LogP contribution in [0.25, 0.3) is 0 Å². The zero-order valence-electron chi connectivity index (χ0n) is 18.0. The molecule has 0 unspecified atom stereocenters. The minimum absolute atomic E-state index is 0.0119. The Bertz CT molecular complexity index is 1200. The van der Waals surface area contributed by atoms with Gasteiger partial charge in [-0.1, -0.05) is 17.3 Å². The van der Waals surface area contributed by atoms with E-state index < -0.39 is 9.85 Å². The SMILES string of the molecule is CCOc1cc(/C=N\OCc2cccc([N+](=O)[O-])c2)c(Br)cc1OCc1ccc([N+](=O)[O-])cc1. The Balaban J connectivity index is 1.67. The van der Waals surface area contributed by atoms with Crippen molar-refractivity contribution in [3.05, 3.63) is 102 Å². The average molecular weight is 530 g/mol. The summed E-state index contributed by atoms with van der Waals surface area (Å²) in [6, 6.07) is 15.7. The molecule has 0 bridgehead atoms. The second kappa shape index (κ2) is 11.8. The van der Waals surface area contributed by atoms with Gasteiger partial charge >= 0.3 is 0 Å². The molecule has 11 heteroatoms. The minimum Gasteiger partial charge on any atom is -0.490 e. The Hall–Kier alpha value is -3.99. The van der Waals surface area contributed by atoms with Crippen molar-refractivity contribution in [3.8, 4) is 11.5 Å². The Morgan fingerprint density at radius 2 is 1.59 bits per heavy atom. The minimum atomic E-state index is -0.468. The number of hydrogen-bond donors (Lipinski definition) is 0. The molecule has 0 aromatic heterocycles. The van der Waals surface area contributed by atoms with Gasteiger partial charge in [0.1, 0.15) is 13.2 Å². The van der Waals surface area contributed by atoms with Gasteiger partial charge in [0.15, 0.2) is 11.5 Å². The lowest BCUT2D eigenvalue weighted by molar-refractivity contribution is -0.385. The van der Waals surface area contributed by atoms with Crippen LogP contribution in [0, 0.1) is 20.2 Å². The number of non-ortho nitro benzene ring substituents is 2. The topological polar surface area (TPSA) is 126 Å². The van der Waals surface area contributed by atoms with E-state index in [0.29, 0.717) is 33.7 Å². The summed E-state index contributed by atoms with van der Waals surface area (Å²) in [6.45, 7) is 2.53. The fourth-order valence-electron chi connectivity index (χ4n) is 2.87. The summed E-state index contributed by atoms with van der Waals surface area (Å²) in [5, 5.41) is 25.6. The number of ether oxygens (including phenoxy) is 2. The number of benzene rings is 3. The molecule has 0 spiro atoms. The van der Waals surface area contributed by atoms with Crippen molar-refractivity contribution in [2.24, 2.45) is 5.16 Å². The molecule has 3 rings (SSSR count). The van der Waals surface area contributed by atoms with Crippen LogP contribution in [0.4, 0.5) is 11.4 Å². The van der Waals surface area contributed by atoms with Gasteiger partial charge in [-0.3, -0.25) is 20.2 Å². The molecule has 0 aliphatic carbocycles. The molecule has 0 radical (unpaired) electrons. The number of hydrogen-bond acceptors (Lipinski definition) is 8. The Kier molecular flexibility index (Phi) is 8.52. The lowest BCUT2D eigenvalue weighted by Gasteiger charge is -2.14. The second-order valence-corrected chi connectivity index (χ2v) is 7.75. The average Bonchev–Trinajstić information content (AvgIpc) is 2.83. The number of halogens is 1. The third-order valence-electron chi connectivity index (χ3n) is 4.52. The molecule has 0 saturated heterocycles. The van der Waals surface area contributed by atoms with Crippen molar-refractivity contribution in [1.82, 2.24) is 0 Å². The summed E-state index contributed by atoms with van der Waals surface area (Å²) in [7, 11) is 0. The van der Waals surface area contributed by atoms with Crippen LogP contribution < -0.4 is 9.47 Å². The van der Waals surface area contributed by atoms with Crippen molar-refractivity contribution in [3.63, 3.8) is 0 Å². The van der Waals surface area contributed by atoms with Crippen molar-refractivity contribution in [2.45, 2.75) is 20.1 Å². The maximum Gasteiger partial charge on any atom is 0.269 e. The first-order chi connectivity index (χ1) is 16.4. The Morgan fingerprint density at radius 3 is 2.26 bits per heavy atom. The van der Waals surface area contributed by atoms with Crippen LogP contribution in [0.1, 0.15) is 23.6 Å². The monoisotopic (exact) mass is 529 g/mol. The molecule has 176 valence electrons. The fraction of sp³-hybridized carbons (Fsp3) is 0.174. The van der Waals surface area contributed by atoms with Crippen LogP contribution >= 0.6 is 15.9 Å².